The molecule has 0 aliphatic carbocycles. The normalized spacial score (nSPS) is 12.4. The Kier molecular flexibility index (Phi) is 2.57. The molecule has 0 saturated carbocycles. The summed E-state index contributed by atoms with van der Waals surface area (Å²) < 4.78 is 0. The Hall–Kier alpha value is -1.78. The van der Waals surface area contributed by atoms with Crippen molar-refractivity contribution in [3.63, 3.8) is 0 Å². The van der Waals surface area contributed by atoms with E-state index in [1.807, 2.05) is 23.3 Å². The fourth-order valence-corrected chi connectivity index (χ4v) is 3.88. The van der Waals surface area contributed by atoms with E-state index in [4.69, 9.17) is 0 Å². The van der Waals surface area contributed by atoms with E-state index in [2.05, 4.69) is 52.8 Å². The Balaban J connectivity index is 1.88. The van der Waals surface area contributed by atoms with Crippen molar-refractivity contribution in [3.8, 4) is 10.6 Å². The van der Waals surface area contributed by atoms with Crippen LogP contribution in [0.25, 0.3) is 10.6 Å². The summed E-state index contributed by atoms with van der Waals surface area (Å²) in [6.07, 6.45) is 1.85. The first kappa shape index (κ1) is 11.1. The molecule has 92 valence electrons. The molecule has 1 N–H and O–H groups in total. The Morgan fingerprint density at radius 3 is 2.74 bits per heavy atom. The summed E-state index contributed by atoms with van der Waals surface area (Å²) in [5, 5.41) is 6.62. The van der Waals surface area contributed by atoms with Crippen LogP contribution in [-0.2, 0) is 0 Å². The molecule has 2 heterocycles. The molecule has 2 nitrogen and oxygen atoms in total. The maximum atomic E-state index is 4.42. The number of nitrogens with zero attached hydrogens (tertiary/aromatic N) is 1. The van der Waals surface area contributed by atoms with Crippen molar-refractivity contribution in [1.82, 2.24) is 4.98 Å². The van der Waals surface area contributed by atoms with Gasteiger partial charge in [-0.15, -0.1) is 11.3 Å². The highest BCUT2D eigenvalue weighted by Crippen LogP contribution is 2.47. The number of benzene rings is 2. The number of anilines is 2. The molecule has 1 aliphatic heterocycles. The van der Waals surface area contributed by atoms with E-state index in [0.717, 1.165) is 5.01 Å². The third-order valence-electron chi connectivity index (χ3n) is 3.06. The molecule has 0 amide bonds. The molecule has 0 atom stereocenters. The Bertz CT molecular complexity index is 736. The number of nitrogens with one attached hydrogen (secondary N) is 1. The zero-order valence-corrected chi connectivity index (χ0v) is 11.6. The molecule has 4 rings (SSSR count). The van der Waals surface area contributed by atoms with Crippen molar-refractivity contribution in [3.05, 3.63) is 54.0 Å². The van der Waals surface area contributed by atoms with Gasteiger partial charge >= 0.3 is 0 Å². The van der Waals surface area contributed by atoms with E-state index in [1.54, 1.807) is 11.3 Å². The fourth-order valence-electron chi connectivity index (χ4n) is 2.19. The molecule has 0 bridgehead atoms. The van der Waals surface area contributed by atoms with E-state index in [1.165, 1.54) is 26.7 Å². The van der Waals surface area contributed by atoms with Crippen LogP contribution in [0.5, 0.6) is 0 Å². The number of hydrogen-bond donors (Lipinski definition) is 1. The molecule has 0 fully saturated rings. The second-order valence-electron chi connectivity index (χ2n) is 4.24. The monoisotopic (exact) mass is 282 g/mol. The molecule has 1 aliphatic rings. The summed E-state index contributed by atoms with van der Waals surface area (Å²) in [5.41, 5.74) is 3.51. The second-order valence-corrected chi connectivity index (χ2v) is 6.22. The van der Waals surface area contributed by atoms with Crippen LogP contribution in [-0.4, -0.2) is 4.98 Å². The first-order chi connectivity index (χ1) is 9.42. The molecular formula is C15H10N2S2. The highest BCUT2D eigenvalue weighted by molar-refractivity contribution is 7.99. The van der Waals surface area contributed by atoms with Crippen molar-refractivity contribution < 1.29 is 0 Å². The standard InChI is InChI=1S/C15H10N2S2/c1-2-6-12-11(5-1)17-14-10(15-16-8-9-18-15)4-3-7-13(14)19-12/h1-9,17H. The van der Waals surface area contributed by atoms with E-state index < -0.39 is 0 Å². The van der Waals surface area contributed by atoms with Crippen LogP contribution in [0, 0.1) is 0 Å². The second kappa shape index (κ2) is 4.40. The summed E-state index contributed by atoms with van der Waals surface area (Å²) in [5.74, 6) is 0. The predicted octanol–water partition coefficient (Wildman–Crippen LogP) is 5.02. The predicted molar refractivity (Wildman–Crippen MR) is 81.4 cm³/mol. The van der Waals surface area contributed by atoms with Crippen LogP contribution >= 0.6 is 23.1 Å². The van der Waals surface area contributed by atoms with E-state index in [0.29, 0.717) is 0 Å². The summed E-state index contributed by atoms with van der Waals surface area (Å²) in [6.45, 7) is 0. The molecule has 0 saturated heterocycles. The molecule has 0 unspecified atom stereocenters. The van der Waals surface area contributed by atoms with Gasteiger partial charge in [0.1, 0.15) is 5.01 Å². The average Bonchev–Trinajstić information content (AvgIpc) is 2.98. The van der Waals surface area contributed by atoms with Crippen LogP contribution in [0.1, 0.15) is 0 Å². The average molecular weight is 282 g/mol. The van der Waals surface area contributed by atoms with Gasteiger partial charge in [-0.2, -0.15) is 0 Å². The van der Waals surface area contributed by atoms with Crippen LogP contribution in [0.4, 0.5) is 11.4 Å². The molecule has 1 aromatic heterocycles. The number of rotatable bonds is 1. The Labute approximate surface area is 119 Å². The van der Waals surface area contributed by atoms with Gasteiger partial charge in [-0.1, -0.05) is 30.0 Å². The first-order valence-corrected chi connectivity index (χ1v) is 7.68. The number of aromatic nitrogens is 1. The minimum Gasteiger partial charge on any atom is -0.353 e. The van der Waals surface area contributed by atoms with Gasteiger partial charge in [-0.05, 0) is 24.3 Å². The van der Waals surface area contributed by atoms with Gasteiger partial charge in [0.05, 0.1) is 11.4 Å². The summed E-state index contributed by atoms with van der Waals surface area (Å²) in [6, 6.07) is 14.8. The first-order valence-electron chi connectivity index (χ1n) is 5.98. The van der Waals surface area contributed by atoms with Crippen molar-refractivity contribution in [2.45, 2.75) is 9.79 Å². The molecule has 19 heavy (non-hydrogen) atoms. The molecule has 0 radical (unpaired) electrons. The van der Waals surface area contributed by atoms with Gasteiger partial charge in [-0.25, -0.2) is 4.98 Å². The van der Waals surface area contributed by atoms with Crippen LogP contribution in [0.15, 0.2) is 63.8 Å². The minimum absolute atomic E-state index is 1.06. The topological polar surface area (TPSA) is 24.9 Å². The Morgan fingerprint density at radius 1 is 0.947 bits per heavy atom. The highest BCUT2D eigenvalue weighted by Gasteiger charge is 2.19. The highest BCUT2D eigenvalue weighted by atomic mass is 32.2. The molecule has 2 aromatic carbocycles. The third kappa shape index (κ3) is 1.84. The van der Waals surface area contributed by atoms with Gasteiger partial charge in [0.25, 0.3) is 0 Å². The minimum atomic E-state index is 1.06. The molecule has 4 heteroatoms. The van der Waals surface area contributed by atoms with E-state index in [-0.39, 0.29) is 0 Å². The van der Waals surface area contributed by atoms with Crippen molar-refractivity contribution in [2.75, 3.05) is 5.32 Å². The molecule has 3 aromatic rings. The molecule has 0 spiro atoms. The smallest absolute Gasteiger partial charge is 0.125 e. The van der Waals surface area contributed by atoms with Crippen molar-refractivity contribution in [1.29, 1.82) is 0 Å². The third-order valence-corrected chi connectivity index (χ3v) is 5.00. The fraction of sp³-hybridized carbons (Fsp3) is 0. The van der Waals surface area contributed by atoms with Gasteiger partial charge < -0.3 is 5.32 Å². The summed E-state index contributed by atoms with van der Waals surface area (Å²) in [4.78, 5) is 6.95. The lowest BCUT2D eigenvalue weighted by molar-refractivity contribution is 1.31. The lowest BCUT2D eigenvalue weighted by Crippen LogP contribution is -2.01. The number of hydrogen-bond acceptors (Lipinski definition) is 4. The van der Waals surface area contributed by atoms with Gasteiger partial charge in [0.15, 0.2) is 0 Å². The molecular weight excluding hydrogens is 272 g/mol. The van der Waals surface area contributed by atoms with Gasteiger partial charge in [0, 0.05) is 26.9 Å². The maximum Gasteiger partial charge on any atom is 0.125 e. The quantitative estimate of drug-likeness (QED) is 0.530. The number of thiazole rings is 1. The lowest BCUT2D eigenvalue weighted by atomic mass is 10.1. The zero-order chi connectivity index (χ0) is 12.7. The van der Waals surface area contributed by atoms with E-state index in [9.17, 15) is 0 Å². The SMILES string of the molecule is c1ccc2c(c1)Nc1c(cccc1-c1nccs1)S2. The van der Waals surface area contributed by atoms with Crippen molar-refractivity contribution in [2.24, 2.45) is 0 Å². The largest absolute Gasteiger partial charge is 0.353 e. The Morgan fingerprint density at radius 2 is 1.84 bits per heavy atom. The zero-order valence-electron chi connectivity index (χ0n) is 9.96. The van der Waals surface area contributed by atoms with Crippen LogP contribution in [0.2, 0.25) is 0 Å². The maximum absolute atomic E-state index is 4.42. The van der Waals surface area contributed by atoms with Gasteiger partial charge in [-0.3, -0.25) is 0 Å². The van der Waals surface area contributed by atoms with E-state index >= 15 is 0 Å². The van der Waals surface area contributed by atoms with Crippen LogP contribution < -0.4 is 5.32 Å². The summed E-state index contributed by atoms with van der Waals surface area (Å²) >= 11 is 3.48. The number of para-hydroxylation sites is 2. The summed E-state index contributed by atoms with van der Waals surface area (Å²) in [7, 11) is 0. The van der Waals surface area contributed by atoms with Crippen molar-refractivity contribution >= 4 is 34.5 Å². The van der Waals surface area contributed by atoms with Gasteiger partial charge in [0.2, 0.25) is 0 Å². The van der Waals surface area contributed by atoms with Crippen LogP contribution in [0.3, 0.4) is 0 Å². The lowest BCUT2D eigenvalue weighted by Gasteiger charge is -2.22. The number of fused-ring (bicyclic) bond motifs is 2.